The summed E-state index contributed by atoms with van der Waals surface area (Å²) in [4.78, 5) is 22.0. The summed E-state index contributed by atoms with van der Waals surface area (Å²) < 4.78 is 9.13. The summed E-state index contributed by atoms with van der Waals surface area (Å²) in [7, 11) is -0.0751. The van der Waals surface area contributed by atoms with Crippen LogP contribution in [0.3, 0.4) is 0 Å². The van der Waals surface area contributed by atoms with Gasteiger partial charge in [-0.15, -0.1) is 4.36 Å². The Labute approximate surface area is 210 Å². The van der Waals surface area contributed by atoms with Crippen molar-refractivity contribution in [2.75, 3.05) is 30.5 Å². The second-order valence-electron chi connectivity index (χ2n) is 7.67. The largest absolute Gasteiger partial charge is 0.448 e. The molecule has 0 saturated carbocycles. The predicted molar refractivity (Wildman–Crippen MR) is 146 cm³/mol. The van der Waals surface area contributed by atoms with Crippen LogP contribution >= 0.6 is 7.78 Å². The van der Waals surface area contributed by atoms with Gasteiger partial charge < -0.3 is 20.5 Å². The van der Waals surface area contributed by atoms with E-state index in [1.807, 2.05) is 50.0 Å². The Kier molecular flexibility index (Phi) is 10.1. The molecule has 3 atom stereocenters. The summed E-state index contributed by atoms with van der Waals surface area (Å²) in [6.07, 6.45) is 2.20. The number of carbonyl (C=O) groups is 1. The zero-order valence-corrected chi connectivity index (χ0v) is 22.2. The van der Waals surface area contributed by atoms with E-state index in [4.69, 9.17) is 9.72 Å². The number of benzene rings is 2. The van der Waals surface area contributed by atoms with Crippen LogP contribution in [0.1, 0.15) is 26.3 Å². The van der Waals surface area contributed by atoms with Gasteiger partial charge in [-0.1, -0.05) is 31.2 Å². The van der Waals surface area contributed by atoms with Gasteiger partial charge in [0, 0.05) is 28.4 Å². The lowest BCUT2D eigenvalue weighted by atomic mass is 10.0. The van der Waals surface area contributed by atoms with Gasteiger partial charge in [0.25, 0.3) is 0 Å². The molecule has 0 aliphatic carbocycles. The molecule has 0 aliphatic heterocycles. The van der Waals surface area contributed by atoms with E-state index < -0.39 is 16.4 Å². The van der Waals surface area contributed by atoms with Gasteiger partial charge in [-0.25, -0.2) is 9.78 Å². The minimum atomic E-state index is -0.534. The van der Waals surface area contributed by atoms with Gasteiger partial charge in [0.15, 0.2) is 0 Å². The highest BCUT2D eigenvalue weighted by Gasteiger charge is 2.13. The molecule has 1 aromatic heterocycles. The molecule has 35 heavy (non-hydrogen) atoms. The fourth-order valence-electron chi connectivity index (χ4n) is 3.24. The van der Waals surface area contributed by atoms with E-state index in [1.54, 1.807) is 13.1 Å². The maximum Gasteiger partial charge on any atom is 0.440 e. The highest BCUT2D eigenvalue weighted by Crippen LogP contribution is 2.30. The average Bonchev–Trinajstić information content (AvgIpc) is 2.88. The Morgan fingerprint density at radius 3 is 2.66 bits per heavy atom. The molecule has 0 spiro atoms. The molecule has 3 rings (SSSR count). The van der Waals surface area contributed by atoms with Gasteiger partial charge in [-0.05, 0) is 80.4 Å². The minimum Gasteiger partial charge on any atom is -0.448 e. The van der Waals surface area contributed by atoms with Crippen molar-refractivity contribution >= 4 is 41.6 Å². The van der Waals surface area contributed by atoms with Crippen molar-refractivity contribution in [1.29, 1.82) is 0 Å². The van der Waals surface area contributed by atoms with Gasteiger partial charge in [0.05, 0.1) is 13.2 Å². The van der Waals surface area contributed by atoms with E-state index in [0.717, 1.165) is 28.1 Å². The molecule has 1 amide bonds. The fourth-order valence-corrected chi connectivity index (χ4v) is 5.88. The van der Waals surface area contributed by atoms with Crippen LogP contribution in [0.25, 0.3) is 11.1 Å². The molecule has 0 saturated heterocycles. The van der Waals surface area contributed by atoms with E-state index in [1.165, 1.54) is 5.56 Å². The van der Waals surface area contributed by atoms with E-state index in [0.29, 0.717) is 26.2 Å². The topological polar surface area (TPSA) is 109 Å². The monoisotopic (exact) mass is 513 g/mol. The first-order chi connectivity index (χ1) is 17.0. The number of amides is 1. The van der Waals surface area contributed by atoms with E-state index in [2.05, 4.69) is 39.0 Å². The molecular formula is C25H32N5O3PS. The van der Waals surface area contributed by atoms with Gasteiger partial charge >= 0.3 is 6.09 Å². The summed E-state index contributed by atoms with van der Waals surface area (Å²) in [5.41, 5.74) is 3.93. The maximum absolute atomic E-state index is 11.8. The molecule has 2 unspecified atom stereocenters. The van der Waals surface area contributed by atoms with Crippen LogP contribution < -0.4 is 10.6 Å². The number of carbonyl (C=O) groups excluding carboxylic acids is 1. The average molecular weight is 514 g/mol. The Morgan fingerprint density at radius 2 is 2.00 bits per heavy atom. The summed E-state index contributed by atoms with van der Waals surface area (Å²) in [5, 5.41) is 16.1. The number of aromatic nitrogens is 2. The lowest BCUT2D eigenvalue weighted by Gasteiger charge is -2.17. The molecule has 3 N–H and O–H groups in total. The van der Waals surface area contributed by atoms with E-state index in [-0.39, 0.29) is 12.6 Å². The van der Waals surface area contributed by atoms with Gasteiger partial charge in [0.1, 0.15) is 5.82 Å². The third kappa shape index (κ3) is 7.56. The predicted octanol–water partition coefficient (Wildman–Crippen LogP) is 5.78. The van der Waals surface area contributed by atoms with Crippen LogP contribution in [0.4, 0.5) is 22.2 Å². The molecular weight excluding hydrogens is 481 g/mol. The van der Waals surface area contributed by atoms with Crippen molar-refractivity contribution < 1.29 is 14.6 Å². The van der Waals surface area contributed by atoms with Crippen LogP contribution in [0.15, 0.2) is 64.0 Å². The first kappa shape index (κ1) is 26.7. The Hall–Kier alpha value is -2.87. The highest BCUT2D eigenvalue weighted by atomic mass is 32.7. The van der Waals surface area contributed by atoms with Crippen LogP contribution in [0.5, 0.6) is 0 Å². The second-order valence-corrected chi connectivity index (χ2v) is 11.7. The smallest absolute Gasteiger partial charge is 0.440 e. The third-order valence-electron chi connectivity index (χ3n) is 5.05. The maximum atomic E-state index is 11.8. The number of hydrogen-bond acceptors (Lipinski definition) is 7. The normalized spacial score (nSPS) is 13.1. The Morgan fingerprint density at radius 1 is 1.23 bits per heavy atom. The standard InChI is InChI=1S/C25H32N5O3PS/c1-5-18-8-7-9-19(14-18)22-15-26-24(29-23(22)27-17(3)16-31)28-20-10-12-21(13-11-20)35(34-4)30-25(32)33-6-2/h7-15,17,31,34H,5-6,16H2,1-4H3,(H2,26,27,28,29)/t17-,35?/m1/s1. The lowest BCUT2D eigenvalue weighted by Crippen LogP contribution is -2.21. The molecule has 0 aliphatic rings. The van der Waals surface area contributed by atoms with Gasteiger partial charge in [-0.3, -0.25) is 0 Å². The van der Waals surface area contributed by atoms with Crippen LogP contribution in [0, 0.1) is 0 Å². The van der Waals surface area contributed by atoms with E-state index >= 15 is 0 Å². The van der Waals surface area contributed by atoms with Gasteiger partial charge in [0.2, 0.25) is 5.95 Å². The van der Waals surface area contributed by atoms with Crippen molar-refractivity contribution in [3.05, 3.63) is 60.3 Å². The molecule has 0 bridgehead atoms. The summed E-state index contributed by atoms with van der Waals surface area (Å²) >= 11 is 0. The Balaban J connectivity index is 1.86. The summed E-state index contributed by atoms with van der Waals surface area (Å²) in [5.74, 6) is 1.09. The molecule has 0 radical (unpaired) electrons. The third-order valence-corrected chi connectivity index (χ3v) is 8.63. The Bertz CT molecular complexity index is 1170. The van der Waals surface area contributed by atoms with Crippen molar-refractivity contribution in [2.45, 2.75) is 38.1 Å². The molecule has 186 valence electrons. The lowest BCUT2D eigenvalue weighted by molar-refractivity contribution is 0.164. The van der Waals surface area contributed by atoms with Crippen molar-refractivity contribution in [2.24, 2.45) is 4.36 Å². The van der Waals surface area contributed by atoms with E-state index in [9.17, 15) is 9.90 Å². The number of aliphatic hydroxyl groups is 1. The van der Waals surface area contributed by atoms with Crippen LogP contribution in [0.2, 0.25) is 0 Å². The molecule has 3 aromatic rings. The zero-order valence-electron chi connectivity index (χ0n) is 20.4. The van der Waals surface area contributed by atoms with Crippen LogP contribution in [-0.2, 0) is 21.5 Å². The van der Waals surface area contributed by atoms with Crippen molar-refractivity contribution in [3.63, 3.8) is 0 Å². The quantitative estimate of drug-likeness (QED) is 0.295. The molecule has 1 heterocycles. The highest BCUT2D eigenvalue weighted by molar-refractivity contribution is 8.40. The fraction of sp³-hybridized carbons (Fsp3) is 0.320. The minimum absolute atomic E-state index is 0.0143. The molecule has 0 fully saturated rings. The number of nitrogens with one attached hydrogen (secondary N) is 2. The molecule has 10 heteroatoms. The number of rotatable bonds is 10. The zero-order chi connectivity index (χ0) is 25.2. The molecule has 8 nitrogen and oxygen atoms in total. The van der Waals surface area contributed by atoms with Gasteiger partial charge in [-0.2, -0.15) is 4.98 Å². The molecule has 2 aromatic carbocycles. The SMILES string of the molecule is CCOC(=O)N=S(PC)c1ccc(Nc2ncc(-c3cccc(CC)c3)c(N[C@H](C)CO)n2)cc1. The number of nitrogens with zero attached hydrogens (tertiary/aromatic N) is 3. The summed E-state index contributed by atoms with van der Waals surface area (Å²) in [6.45, 7) is 8.10. The number of aryl methyl sites for hydroxylation is 1. The number of ether oxygens (including phenoxy) is 1. The number of hydrogen-bond donors (Lipinski definition) is 3. The van der Waals surface area contributed by atoms with Crippen LogP contribution in [-0.4, -0.2) is 47.1 Å². The number of aliphatic hydroxyl groups excluding tert-OH is 1. The number of anilines is 3. The van der Waals surface area contributed by atoms with Crippen molar-refractivity contribution in [3.8, 4) is 11.1 Å². The first-order valence-corrected chi connectivity index (χ1v) is 14.9. The first-order valence-electron chi connectivity index (χ1n) is 11.5. The second kappa shape index (κ2) is 13.3. The van der Waals surface area contributed by atoms with Crippen molar-refractivity contribution in [1.82, 2.24) is 9.97 Å². The summed E-state index contributed by atoms with van der Waals surface area (Å²) in [6, 6.07) is 15.9.